The molecular weight excluding hydrogens is 565 g/mol. The van der Waals surface area contributed by atoms with E-state index in [1.165, 1.54) is 41.2 Å². The van der Waals surface area contributed by atoms with E-state index in [0.29, 0.717) is 70.7 Å². The Morgan fingerprint density at radius 3 is 2.62 bits per heavy atom. The summed E-state index contributed by atoms with van der Waals surface area (Å²) in [5, 5.41) is 7.98. The molecule has 42 heavy (non-hydrogen) atoms. The molecule has 4 aromatic rings. The highest BCUT2D eigenvalue weighted by atomic mass is 32.1. The standard InChI is InChI=1S/C29H30FN5O6S/c1-16-24-26(38)35(21-10-12-31-25(21)37)29(39)33(28(24)42-27(16)34-13-3-11-32-34)15-23(41-19-7-5-18(36)6-8-19)20-14-17(30)4-9-22(20)40-2/h3-4,9,11,13-14,19,21,23H,5-8,10,12,15H2,1-2H3,(H,31,37)/t21-,23-/m0/s1. The normalized spacial score (nSPS) is 18.5. The Kier molecular flexibility index (Phi) is 7.54. The van der Waals surface area contributed by atoms with Gasteiger partial charge in [-0.05, 0) is 50.5 Å². The minimum Gasteiger partial charge on any atom is -0.496 e. The minimum atomic E-state index is -0.958. The van der Waals surface area contributed by atoms with Gasteiger partial charge in [-0.2, -0.15) is 5.10 Å². The molecule has 0 bridgehead atoms. The zero-order valence-corrected chi connectivity index (χ0v) is 24.0. The first-order chi connectivity index (χ1) is 20.3. The number of carbonyl (C=O) groups is 2. The zero-order valence-electron chi connectivity index (χ0n) is 23.2. The Morgan fingerprint density at radius 1 is 1.17 bits per heavy atom. The van der Waals surface area contributed by atoms with Crippen molar-refractivity contribution in [3.8, 4) is 10.8 Å². The van der Waals surface area contributed by atoms with Gasteiger partial charge in [-0.15, -0.1) is 0 Å². The summed E-state index contributed by atoms with van der Waals surface area (Å²) in [4.78, 5) is 53.1. The van der Waals surface area contributed by atoms with Crippen LogP contribution in [0.15, 0.2) is 46.2 Å². The van der Waals surface area contributed by atoms with Gasteiger partial charge in [0.15, 0.2) is 0 Å². The number of nitrogens with one attached hydrogen (secondary N) is 1. The monoisotopic (exact) mass is 595 g/mol. The number of benzene rings is 1. The maximum Gasteiger partial charge on any atom is 0.332 e. The lowest BCUT2D eigenvalue weighted by Crippen LogP contribution is -2.44. The molecule has 220 valence electrons. The van der Waals surface area contributed by atoms with E-state index in [9.17, 15) is 23.6 Å². The molecule has 1 N–H and O–H groups in total. The molecule has 1 aromatic carbocycles. The first-order valence-corrected chi connectivity index (χ1v) is 14.6. The zero-order chi connectivity index (χ0) is 29.5. The molecule has 2 aliphatic rings. The summed E-state index contributed by atoms with van der Waals surface area (Å²) in [6, 6.07) is 4.89. The van der Waals surface area contributed by atoms with Gasteiger partial charge in [-0.1, -0.05) is 11.3 Å². The molecule has 0 unspecified atom stereocenters. The van der Waals surface area contributed by atoms with Crippen molar-refractivity contribution in [1.82, 2.24) is 24.2 Å². The molecule has 1 aliphatic carbocycles. The summed E-state index contributed by atoms with van der Waals surface area (Å²) >= 11 is 1.23. The second kappa shape index (κ2) is 11.3. The van der Waals surface area contributed by atoms with Crippen molar-refractivity contribution in [3.63, 3.8) is 0 Å². The van der Waals surface area contributed by atoms with Gasteiger partial charge in [0.1, 0.15) is 39.3 Å². The second-order valence-electron chi connectivity index (χ2n) is 10.6. The first-order valence-electron chi connectivity index (χ1n) is 13.8. The average molecular weight is 596 g/mol. The van der Waals surface area contributed by atoms with E-state index in [4.69, 9.17) is 9.47 Å². The van der Waals surface area contributed by atoms with E-state index in [1.54, 1.807) is 30.1 Å². The van der Waals surface area contributed by atoms with Gasteiger partial charge in [0.25, 0.3) is 5.56 Å². The lowest BCUT2D eigenvalue weighted by atomic mass is 9.96. The van der Waals surface area contributed by atoms with Crippen LogP contribution in [0.5, 0.6) is 5.75 Å². The molecule has 1 saturated heterocycles. The number of aromatic nitrogens is 4. The van der Waals surface area contributed by atoms with Crippen molar-refractivity contribution in [2.24, 2.45) is 0 Å². The van der Waals surface area contributed by atoms with Gasteiger partial charge < -0.3 is 14.8 Å². The Balaban J connectivity index is 1.55. The fourth-order valence-corrected chi connectivity index (χ4v) is 7.09. The highest BCUT2D eigenvalue weighted by Gasteiger charge is 2.33. The molecule has 3 aromatic heterocycles. The third-order valence-corrected chi connectivity index (χ3v) is 9.30. The maximum atomic E-state index is 14.6. The van der Waals surface area contributed by atoms with Crippen molar-refractivity contribution in [2.45, 2.75) is 63.8 Å². The number of fused-ring (bicyclic) bond motifs is 1. The summed E-state index contributed by atoms with van der Waals surface area (Å²) in [7, 11) is 1.47. The number of nitrogens with zero attached hydrogens (tertiary/aromatic N) is 4. The predicted octanol–water partition coefficient (Wildman–Crippen LogP) is 3.20. The molecule has 0 spiro atoms. The number of halogens is 1. The van der Waals surface area contributed by atoms with Crippen LogP contribution in [0.1, 0.15) is 55.4 Å². The SMILES string of the molecule is COc1ccc(F)cc1[C@H](Cn1c(=O)n([C@H]2CCNC2=O)c(=O)c2c(C)c(-n3cccn3)sc21)OC1CCC(=O)CC1. The molecule has 1 saturated carbocycles. The minimum absolute atomic E-state index is 0.0906. The molecule has 1 aliphatic heterocycles. The lowest BCUT2D eigenvalue weighted by Gasteiger charge is -2.29. The maximum absolute atomic E-state index is 14.6. The molecule has 13 heteroatoms. The highest BCUT2D eigenvalue weighted by molar-refractivity contribution is 7.21. The van der Waals surface area contributed by atoms with E-state index in [0.717, 1.165) is 4.57 Å². The summed E-state index contributed by atoms with van der Waals surface area (Å²) in [5.41, 5.74) is -0.194. The molecule has 2 atom stereocenters. The number of hydrogen-bond donors (Lipinski definition) is 1. The molecule has 11 nitrogen and oxygen atoms in total. The fraction of sp³-hybridized carbons (Fsp3) is 0.414. The molecular formula is C29H30FN5O6S. The summed E-state index contributed by atoms with van der Waals surface area (Å²) < 4.78 is 30.8. The van der Waals surface area contributed by atoms with Gasteiger partial charge in [-0.3, -0.25) is 19.0 Å². The quantitative estimate of drug-likeness (QED) is 0.332. The van der Waals surface area contributed by atoms with Crippen molar-refractivity contribution >= 4 is 33.2 Å². The van der Waals surface area contributed by atoms with E-state index in [-0.39, 0.29) is 18.4 Å². The van der Waals surface area contributed by atoms with Crippen LogP contribution < -0.4 is 21.3 Å². The van der Waals surface area contributed by atoms with Crippen molar-refractivity contribution in [1.29, 1.82) is 0 Å². The van der Waals surface area contributed by atoms with Crippen LogP contribution in [-0.4, -0.2) is 50.4 Å². The van der Waals surface area contributed by atoms with Gasteiger partial charge >= 0.3 is 5.69 Å². The molecule has 2 fully saturated rings. The predicted molar refractivity (Wildman–Crippen MR) is 153 cm³/mol. The Hall–Kier alpha value is -4.10. The van der Waals surface area contributed by atoms with Crippen LogP contribution in [-0.2, 0) is 20.9 Å². The van der Waals surface area contributed by atoms with Crippen LogP contribution in [0.3, 0.4) is 0 Å². The summed E-state index contributed by atoms with van der Waals surface area (Å²) in [6.45, 7) is 2.04. The van der Waals surface area contributed by atoms with Crippen LogP contribution in [0.2, 0.25) is 0 Å². The van der Waals surface area contributed by atoms with E-state index in [1.807, 2.05) is 0 Å². The fourth-order valence-electron chi connectivity index (χ4n) is 5.84. The number of ether oxygens (including phenoxy) is 2. The largest absolute Gasteiger partial charge is 0.496 e. The summed E-state index contributed by atoms with van der Waals surface area (Å²) in [5.74, 6) is -0.363. The van der Waals surface area contributed by atoms with E-state index < -0.39 is 35.1 Å². The third-order valence-electron chi connectivity index (χ3n) is 8.00. The van der Waals surface area contributed by atoms with Crippen molar-refractivity contribution < 1.29 is 23.5 Å². The molecule has 1 amide bonds. The van der Waals surface area contributed by atoms with Crippen molar-refractivity contribution in [2.75, 3.05) is 13.7 Å². The summed E-state index contributed by atoms with van der Waals surface area (Å²) in [6.07, 6.45) is 4.24. The number of hydrogen-bond acceptors (Lipinski definition) is 8. The Labute approximate surface area is 243 Å². The van der Waals surface area contributed by atoms with Crippen LogP contribution in [0.4, 0.5) is 4.39 Å². The average Bonchev–Trinajstić information content (AvgIpc) is 3.73. The van der Waals surface area contributed by atoms with Crippen LogP contribution in [0.25, 0.3) is 15.2 Å². The topological polar surface area (TPSA) is 126 Å². The number of carbonyl (C=O) groups excluding carboxylic acids is 2. The third kappa shape index (κ3) is 4.96. The van der Waals surface area contributed by atoms with Crippen LogP contribution in [0, 0.1) is 12.7 Å². The van der Waals surface area contributed by atoms with Gasteiger partial charge in [0.2, 0.25) is 5.91 Å². The highest BCUT2D eigenvalue weighted by Crippen LogP contribution is 2.36. The molecule has 4 heterocycles. The Bertz CT molecular complexity index is 1780. The number of methoxy groups -OCH3 is 1. The number of aryl methyl sites for hydroxylation is 1. The van der Waals surface area contributed by atoms with Gasteiger partial charge in [0, 0.05) is 42.9 Å². The number of thiophene rings is 1. The molecule has 0 radical (unpaired) electrons. The number of ketones is 1. The number of amides is 1. The smallest absolute Gasteiger partial charge is 0.332 e. The van der Waals surface area contributed by atoms with Crippen molar-refractivity contribution in [3.05, 3.63) is 74.4 Å². The second-order valence-corrected chi connectivity index (χ2v) is 11.6. The van der Waals surface area contributed by atoms with E-state index >= 15 is 0 Å². The van der Waals surface area contributed by atoms with Gasteiger partial charge in [-0.25, -0.2) is 18.4 Å². The van der Waals surface area contributed by atoms with Crippen LogP contribution >= 0.6 is 11.3 Å². The van der Waals surface area contributed by atoms with E-state index in [2.05, 4.69) is 10.4 Å². The lowest BCUT2D eigenvalue weighted by molar-refractivity contribution is -0.125. The van der Waals surface area contributed by atoms with Gasteiger partial charge in [0.05, 0.1) is 25.1 Å². The molecule has 6 rings (SSSR count). The Morgan fingerprint density at radius 2 is 1.95 bits per heavy atom. The number of rotatable bonds is 8. The number of Topliss-reactive ketones (excluding diaryl/α,β-unsaturated/α-hetero) is 1. The first kappa shape index (κ1) is 28.0.